The van der Waals surface area contributed by atoms with E-state index in [1.807, 2.05) is 0 Å². The van der Waals surface area contributed by atoms with Gasteiger partial charge in [-0.25, -0.2) is 0 Å². The van der Waals surface area contributed by atoms with Crippen molar-refractivity contribution in [2.75, 3.05) is 6.54 Å². The molecule has 0 unspecified atom stereocenters. The van der Waals surface area contributed by atoms with Gasteiger partial charge in [-0.15, -0.1) is 0 Å². The zero-order valence-electron chi connectivity index (χ0n) is 9.30. The highest BCUT2D eigenvalue weighted by Crippen LogP contribution is 2.31. The van der Waals surface area contributed by atoms with Gasteiger partial charge in [0.2, 0.25) is 0 Å². The Bertz CT molecular complexity index is 330. The van der Waals surface area contributed by atoms with Gasteiger partial charge in [0.25, 0.3) is 0 Å². The predicted octanol–water partition coefficient (Wildman–Crippen LogP) is 2.97. The van der Waals surface area contributed by atoms with Gasteiger partial charge in [-0.05, 0) is 43.9 Å². The molecular formula is C13H19N. The van der Waals surface area contributed by atoms with Crippen molar-refractivity contribution in [2.45, 2.75) is 33.2 Å². The van der Waals surface area contributed by atoms with Crippen LogP contribution >= 0.6 is 0 Å². The smallest absolute Gasteiger partial charge is 0.0349 e. The second-order valence-electron chi connectivity index (χ2n) is 4.56. The minimum Gasteiger partial charge on any atom is -0.310 e. The van der Waals surface area contributed by atoms with Crippen LogP contribution in [0.2, 0.25) is 0 Å². The number of rotatable bonds is 1. The zero-order chi connectivity index (χ0) is 10.1. The lowest BCUT2D eigenvalue weighted by molar-refractivity contribution is 0.501. The third-order valence-corrected chi connectivity index (χ3v) is 3.29. The van der Waals surface area contributed by atoms with E-state index in [-0.39, 0.29) is 0 Å². The molecule has 0 saturated carbocycles. The van der Waals surface area contributed by atoms with E-state index >= 15 is 0 Å². The highest BCUT2D eigenvalue weighted by molar-refractivity contribution is 5.33. The van der Waals surface area contributed by atoms with Crippen LogP contribution in [-0.2, 0) is 0 Å². The quantitative estimate of drug-likeness (QED) is 0.716. The van der Waals surface area contributed by atoms with Crippen LogP contribution in [0.3, 0.4) is 0 Å². The number of benzene rings is 1. The summed E-state index contributed by atoms with van der Waals surface area (Å²) < 4.78 is 0. The fourth-order valence-corrected chi connectivity index (χ4v) is 2.43. The number of aryl methyl sites for hydroxylation is 2. The summed E-state index contributed by atoms with van der Waals surface area (Å²) in [6.07, 6.45) is 1.30. The zero-order valence-corrected chi connectivity index (χ0v) is 9.30. The topological polar surface area (TPSA) is 12.0 Å². The molecule has 0 bridgehead atoms. The van der Waals surface area contributed by atoms with Gasteiger partial charge >= 0.3 is 0 Å². The monoisotopic (exact) mass is 189 g/mol. The standard InChI is InChI=1S/C13H19N/c1-9-4-5-12(11(3)8-9)13-10(2)6-7-14-13/h4-5,8,10,13-14H,6-7H2,1-3H3/t10-,13-/m0/s1. The van der Waals surface area contributed by atoms with Crippen molar-refractivity contribution in [1.82, 2.24) is 5.32 Å². The summed E-state index contributed by atoms with van der Waals surface area (Å²) in [5, 5.41) is 3.58. The lowest BCUT2D eigenvalue weighted by atomic mass is 9.92. The van der Waals surface area contributed by atoms with E-state index in [0.717, 1.165) is 5.92 Å². The van der Waals surface area contributed by atoms with Crippen LogP contribution < -0.4 is 5.32 Å². The van der Waals surface area contributed by atoms with Crippen LogP contribution in [-0.4, -0.2) is 6.54 Å². The molecule has 1 aliphatic rings. The van der Waals surface area contributed by atoms with Gasteiger partial charge in [-0.2, -0.15) is 0 Å². The molecule has 2 rings (SSSR count). The van der Waals surface area contributed by atoms with E-state index in [9.17, 15) is 0 Å². The molecule has 0 spiro atoms. The van der Waals surface area contributed by atoms with E-state index in [4.69, 9.17) is 0 Å². The van der Waals surface area contributed by atoms with E-state index in [2.05, 4.69) is 44.3 Å². The summed E-state index contributed by atoms with van der Waals surface area (Å²) in [5.74, 6) is 0.774. The largest absolute Gasteiger partial charge is 0.310 e. The molecule has 0 aliphatic carbocycles. The molecule has 1 aromatic carbocycles. The number of hydrogen-bond acceptors (Lipinski definition) is 1. The molecule has 2 atom stereocenters. The second-order valence-corrected chi connectivity index (χ2v) is 4.56. The van der Waals surface area contributed by atoms with Crippen LogP contribution in [0, 0.1) is 19.8 Å². The maximum atomic E-state index is 3.58. The van der Waals surface area contributed by atoms with Crippen molar-refractivity contribution >= 4 is 0 Å². The average molecular weight is 189 g/mol. The van der Waals surface area contributed by atoms with E-state index in [1.165, 1.54) is 29.7 Å². The van der Waals surface area contributed by atoms with Crippen LogP contribution in [0.25, 0.3) is 0 Å². The molecule has 1 saturated heterocycles. The van der Waals surface area contributed by atoms with Crippen molar-refractivity contribution in [3.05, 3.63) is 34.9 Å². The van der Waals surface area contributed by atoms with Crippen molar-refractivity contribution < 1.29 is 0 Å². The molecule has 1 aliphatic heterocycles. The minimum absolute atomic E-state index is 0.579. The van der Waals surface area contributed by atoms with Crippen molar-refractivity contribution in [1.29, 1.82) is 0 Å². The van der Waals surface area contributed by atoms with E-state index < -0.39 is 0 Å². The van der Waals surface area contributed by atoms with Crippen LogP contribution in [0.4, 0.5) is 0 Å². The van der Waals surface area contributed by atoms with Gasteiger partial charge in [-0.3, -0.25) is 0 Å². The average Bonchev–Trinajstić information content (AvgIpc) is 2.52. The molecular weight excluding hydrogens is 170 g/mol. The molecule has 1 N–H and O–H groups in total. The summed E-state index contributed by atoms with van der Waals surface area (Å²) in [6.45, 7) is 7.88. The normalized spacial score (nSPS) is 26.8. The first-order valence-corrected chi connectivity index (χ1v) is 5.49. The highest BCUT2D eigenvalue weighted by Gasteiger charge is 2.24. The Balaban J connectivity index is 2.31. The Hall–Kier alpha value is -0.820. The summed E-state index contributed by atoms with van der Waals surface area (Å²) in [6, 6.07) is 7.36. The Kier molecular flexibility index (Phi) is 2.60. The first-order valence-electron chi connectivity index (χ1n) is 5.49. The Morgan fingerprint density at radius 1 is 1.29 bits per heavy atom. The summed E-state index contributed by atoms with van der Waals surface area (Å²) in [4.78, 5) is 0. The summed E-state index contributed by atoms with van der Waals surface area (Å²) >= 11 is 0. The fourth-order valence-electron chi connectivity index (χ4n) is 2.43. The van der Waals surface area contributed by atoms with Crippen molar-refractivity contribution in [3.63, 3.8) is 0 Å². The molecule has 0 radical (unpaired) electrons. The third kappa shape index (κ3) is 1.69. The number of hydrogen-bond donors (Lipinski definition) is 1. The molecule has 0 amide bonds. The third-order valence-electron chi connectivity index (χ3n) is 3.29. The molecule has 0 aromatic heterocycles. The van der Waals surface area contributed by atoms with Crippen molar-refractivity contribution in [2.24, 2.45) is 5.92 Å². The first kappa shape index (κ1) is 9.72. The molecule has 1 nitrogen and oxygen atoms in total. The molecule has 1 heteroatoms. The van der Waals surface area contributed by atoms with Crippen molar-refractivity contribution in [3.8, 4) is 0 Å². The van der Waals surface area contributed by atoms with Gasteiger partial charge < -0.3 is 5.32 Å². The lowest BCUT2D eigenvalue weighted by Crippen LogP contribution is -2.17. The summed E-state index contributed by atoms with van der Waals surface area (Å²) in [5.41, 5.74) is 4.27. The maximum Gasteiger partial charge on any atom is 0.0349 e. The van der Waals surface area contributed by atoms with E-state index in [0.29, 0.717) is 6.04 Å². The number of nitrogens with one attached hydrogen (secondary N) is 1. The lowest BCUT2D eigenvalue weighted by Gasteiger charge is -2.18. The summed E-state index contributed by atoms with van der Waals surface area (Å²) in [7, 11) is 0. The van der Waals surface area contributed by atoms with Gasteiger partial charge in [0, 0.05) is 6.04 Å². The maximum absolute atomic E-state index is 3.58. The van der Waals surface area contributed by atoms with Crippen LogP contribution in [0.1, 0.15) is 36.1 Å². The minimum atomic E-state index is 0.579. The molecule has 14 heavy (non-hydrogen) atoms. The van der Waals surface area contributed by atoms with Crippen LogP contribution in [0.5, 0.6) is 0 Å². The van der Waals surface area contributed by atoms with Gasteiger partial charge in [0.1, 0.15) is 0 Å². The van der Waals surface area contributed by atoms with E-state index in [1.54, 1.807) is 0 Å². The molecule has 1 fully saturated rings. The molecule has 76 valence electrons. The predicted molar refractivity (Wildman–Crippen MR) is 60.4 cm³/mol. The fraction of sp³-hybridized carbons (Fsp3) is 0.538. The SMILES string of the molecule is Cc1ccc([C@H]2NCC[C@@H]2C)c(C)c1. The van der Waals surface area contributed by atoms with Crippen LogP contribution in [0.15, 0.2) is 18.2 Å². The van der Waals surface area contributed by atoms with Gasteiger partial charge in [-0.1, -0.05) is 30.7 Å². The first-order chi connectivity index (χ1) is 6.68. The Labute approximate surface area is 86.5 Å². The van der Waals surface area contributed by atoms with Gasteiger partial charge in [0.05, 0.1) is 0 Å². The Morgan fingerprint density at radius 3 is 2.64 bits per heavy atom. The van der Waals surface area contributed by atoms with Gasteiger partial charge in [0.15, 0.2) is 0 Å². The second kappa shape index (κ2) is 3.74. The highest BCUT2D eigenvalue weighted by atomic mass is 14.9. The molecule has 1 heterocycles. The Morgan fingerprint density at radius 2 is 2.07 bits per heavy atom. The molecule has 1 aromatic rings.